The van der Waals surface area contributed by atoms with Crippen molar-refractivity contribution in [3.8, 4) is 0 Å². The molecule has 0 N–H and O–H groups in total. The maximum absolute atomic E-state index is 12.6. The van der Waals surface area contributed by atoms with Crippen LogP contribution in [0.4, 0.5) is 5.69 Å². The highest BCUT2D eigenvalue weighted by Gasteiger charge is 2.46. The van der Waals surface area contributed by atoms with Gasteiger partial charge in [0, 0.05) is 15.8 Å². The summed E-state index contributed by atoms with van der Waals surface area (Å²) in [5.74, 6) is 0.131. The number of rotatable bonds is 1. The fraction of sp³-hybridized carbons (Fsp3) is 0.429. The highest BCUT2D eigenvalue weighted by Crippen LogP contribution is 2.30. The van der Waals surface area contributed by atoms with Crippen LogP contribution in [0.2, 0.25) is 0 Å². The third-order valence-corrected chi connectivity index (χ3v) is 4.63. The molecule has 1 aromatic carbocycles. The molecular weight excluding hydrogens is 355 g/mol. The van der Waals surface area contributed by atoms with Crippen molar-refractivity contribution in [3.63, 3.8) is 0 Å². The van der Waals surface area contributed by atoms with E-state index in [4.69, 9.17) is 0 Å². The Kier molecular flexibility index (Phi) is 3.24. The molecule has 2 saturated heterocycles. The molecule has 0 radical (unpaired) electrons. The lowest BCUT2D eigenvalue weighted by molar-refractivity contribution is -0.143. The van der Waals surface area contributed by atoms with Gasteiger partial charge in [-0.3, -0.25) is 14.5 Å². The number of hydrogen-bond donors (Lipinski definition) is 0. The minimum Gasteiger partial charge on any atom is -0.329 e. The maximum Gasteiger partial charge on any atom is 0.250 e. The Bertz CT molecular complexity index is 529. The van der Waals surface area contributed by atoms with Crippen LogP contribution in [-0.2, 0) is 9.59 Å². The van der Waals surface area contributed by atoms with Gasteiger partial charge in [0.15, 0.2) is 0 Å². The number of anilines is 1. The fourth-order valence-electron chi connectivity index (χ4n) is 2.94. The standard InChI is InChI=1S/C14H15IN2O2/c1-9-13(18)16-8-2-3-12(16)14(19)17(9)11-6-4-10(15)5-7-11/h4-7,9,12H,2-3,8H2,1H3. The number of piperazine rings is 1. The average Bonchev–Trinajstić information content (AvgIpc) is 2.88. The highest BCUT2D eigenvalue weighted by molar-refractivity contribution is 14.1. The summed E-state index contributed by atoms with van der Waals surface area (Å²) in [4.78, 5) is 28.3. The molecule has 0 saturated carbocycles. The predicted octanol–water partition coefficient (Wildman–Crippen LogP) is 2.02. The molecule has 5 heteroatoms. The molecule has 2 atom stereocenters. The number of hydrogen-bond acceptors (Lipinski definition) is 2. The van der Waals surface area contributed by atoms with Gasteiger partial charge in [-0.2, -0.15) is 0 Å². The molecule has 2 aliphatic rings. The number of nitrogens with zero attached hydrogens (tertiary/aromatic N) is 2. The summed E-state index contributed by atoms with van der Waals surface area (Å²) in [6.45, 7) is 2.53. The molecule has 1 aromatic rings. The Balaban J connectivity index is 1.98. The highest BCUT2D eigenvalue weighted by atomic mass is 127. The van der Waals surface area contributed by atoms with Gasteiger partial charge in [0.25, 0.3) is 5.91 Å². The second-order valence-corrected chi connectivity index (χ2v) is 6.30. The Morgan fingerprint density at radius 3 is 2.53 bits per heavy atom. The van der Waals surface area contributed by atoms with Gasteiger partial charge in [-0.05, 0) is 66.6 Å². The van der Waals surface area contributed by atoms with Gasteiger partial charge in [0.1, 0.15) is 12.1 Å². The molecule has 2 heterocycles. The number of halogens is 1. The SMILES string of the molecule is CC1C(=O)N2CCCC2C(=O)N1c1ccc(I)cc1. The molecule has 2 unspecified atom stereocenters. The van der Waals surface area contributed by atoms with E-state index in [1.165, 1.54) is 0 Å². The zero-order valence-electron chi connectivity index (χ0n) is 10.7. The Labute approximate surface area is 125 Å². The van der Waals surface area contributed by atoms with Crippen LogP contribution in [0.5, 0.6) is 0 Å². The predicted molar refractivity (Wildman–Crippen MR) is 80.8 cm³/mol. The number of carbonyl (C=O) groups excluding carboxylic acids is 2. The number of carbonyl (C=O) groups is 2. The van der Waals surface area contributed by atoms with Crippen molar-refractivity contribution < 1.29 is 9.59 Å². The first-order valence-corrected chi connectivity index (χ1v) is 7.56. The molecule has 2 aliphatic heterocycles. The van der Waals surface area contributed by atoms with Gasteiger partial charge in [0.2, 0.25) is 5.91 Å². The first-order chi connectivity index (χ1) is 9.09. The van der Waals surface area contributed by atoms with Crippen molar-refractivity contribution >= 4 is 40.1 Å². The third-order valence-electron chi connectivity index (χ3n) is 3.91. The minimum atomic E-state index is -0.401. The summed E-state index contributed by atoms with van der Waals surface area (Å²) in [6.07, 6.45) is 1.72. The average molecular weight is 370 g/mol. The smallest absolute Gasteiger partial charge is 0.250 e. The molecule has 19 heavy (non-hydrogen) atoms. The zero-order valence-corrected chi connectivity index (χ0v) is 12.8. The molecule has 2 amide bonds. The molecular formula is C14H15IN2O2. The van der Waals surface area contributed by atoms with Crippen molar-refractivity contribution in [3.05, 3.63) is 27.8 Å². The fourth-order valence-corrected chi connectivity index (χ4v) is 3.30. The summed E-state index contributed by atoms with van der Waals surface area (Å²) in [5, 5.41) is 0. The Morgan fingerprint density at radius 2 is 1.84 bits per heavy atom. The van der Waals surface area contributed by atoms with E-state index in [2.05, 4.69) is 22.6 Å². The van der Waals surface area contributed by atoms with Crippen LogP contribution in [0.1, 0.15) is 19.8 Å². The third kappa shape index (κ3) is 2.04. The van der Waals surface area contributed by atoms with Crippen LogP contribution >= 0.6 is 22.6 Å². The molecule has 3 rings (SSSR count). The first-order valence-electron chi connectivity index (χ1n) is 6.48. The lowest BCUT2D eigenvalue weighted by Gasteiger charge is -2.40. The Hall–Kier alpha value is -1.11. The van der Waals surface area contributed by atoms with E-state index in [0.29, 0.717) is 0 Å². The van der Waals surface area contributed by atoms with Gasteiger partial charge < -0.3 is 4.90 Å². The molecule has 0 aliphatic carbocycles. The lowest BCUT2D eigenvalue weighted by Crippen LogP contribution is -2.62. The Morgan fingerprint density at radius 1 is 1.16 bits per heavy atom. The van der Waals surface area contributed by atoms with Gasteiger partial charge in [0.05, 0.1) is 0 Å². The van der Waals surface area contributed by atoms with Crippen LogP contribution in [0.15, 0.2) is 24.3 Å². The van der Waals surface area contributed by atoms with E-state index >= 15 is 0 Å². The number of amides is 2. The van der Waals surface area contributed by atoms with Crippen molar-refractivity contribution in [2.45, 2.75) is 31.8 Å². The van der Waals surface area contributed by atoms with Gasteiger partial charge in [-0.25, -0.2) is 0 Å². The lowest BCUT2D eigenvalue weighted by atomic mass is 10.1. The van der Waals surface area contributed by atoms with Crippen molar-refractivity contribution in [1.82, 2.24) is 4.90 Å². The molecule has 0 spiro atoms. The van der Waals surface area contributed by atoms with E-state index in [9.17, 15) is 9.59 Å². The van der Waals surface area contributed by atoms with E-state index in [1.807, 2.05) is 31.2 Å². The second-order valence-electron chi connectivity index (χ2n) is 5.05. The molecule has 100 valence electrons. The normalized spacial score (nSPS) is 26.8. The summed E-state index contributed by atoms with van der Waals surface area (Å²) in [5.41, 5.74) is 0.817. The number of fused-ring (bicyclic) bond motifs is 1. The van der Waals surface area contributed by atoms with Crippen LogP contribution in [0.25, 0.3) is 0 Å². The largest absolute Gasteiger partial charge is 0.329 e. The molecule has 4 nitrogen and oxygen atoms in total. The monoisotopic (exact) mass is 370 g/mol. The van der Waals surface area contributed by atoms with Crippen molar-refractivity contribution in [1.29, 1.82) is 0 Å². The molecule has 2 fully saturated rings. The zero-order chi connectivity index (χ0) is 13.6. The van der Waals surface area contributed by atoms with Crippen LogP contribution in [0, 0.1) is 3.57 Å². The van der Waals surface area contributed by atoms with Crippen molar-refractivity contribution in [2.75, 3.05) is 11.4 Å². The second kappa shape index (κ2) is 4.77. The maximum atomic E-state index is 12.6. The summed E-state index contributed by atoms with van der Waals surface area (Å²) >= 11 is 2.23. The van der Waals surface area contributed by atoms with E-state index in [0.717, 1.165) is 28.6 Å². The number of benzene rings is 1. The van der Waals surface area contributed by atoms with E-state index in [1.54, 1.807) is 9.80 Å². The van der Waals surface area contributed by atoms with Gasteiger partial charge >= 0.3 is 0 Å². The van der Waals surface area contributed by atoms with Crippen LogP contribution in [-0.4, -0.2) is 35.3 Å². The van der Waals surface area contributed by atoms with E-state index in [-0.39, 0.29) is 17.9 Å². The van der Waals surface area contributed by atoms with E-state index < -0.39 is 6.04 Å². The van der Waals surface area contributed by atoms with Crippen LogP contribution < -0.4 is 4.90 Å². The molecule has 0 aromatic heterocycles. The first kappa shape index (κ1) is 12.9. The molecule has 0 bridgehead atoms. The van der Waals surface area contributed by atoms with Crippen molar-refractivity contribution in [2.24, 2.45) is 0 Å². The summed E-state index contributed by atoms with van der Waals surface area (Å²) in [6, 6.07) is 7.09. The topological polar surface area (TPSA) is 40.6 Å². The summed E-state index contributed by atoms with van der Waals surface area (Å²) in [7, 11) is 0. The van der Waals surface area contributed by atoms with Gasteiger partial charge in [-0.15, -0.1) is 0 Å². The van der Waals surface area contributed by atoms with Crippen LogP contribution in [0.3, 0.4) is 0 Å². The van der Waals surface area contributed by atoms with Gasteiger partial charge in [-0.1, -0.05) is 0 Å². The quantitative estimate of drug-likeness (QED) is 0.710. The minimum absolute atomic E-state index is 0.0609. The summed E-state index contributed by atoms with van der Waals surface area (Å²) < 4.78 is 1.12.